The molecule has 0 unspecified atom stereocenters. The van der Waals surface area contributed by atoms with Crippen LogP contribution in [0.15, 0.2) is 54.6 Å². The second kappa shape index (κ2) is 8.78. The van der Waals surface area contributed by atoms with Crippen LogP contribution in [0.1, 0.15) is 88.8 Å². The molecule has 4 nitrogen and oxygen atoms in total. The average Bonchev–Trinajstić information content (AvgIpc) is 3.13. The molecule has 166 valence electrons. The summed E-state index contributed by atoms with van der Waals surface area (Å²) in [6, 6.07) is 18.5. The van der Waals surface area contributed by atoms with Crippen LogP contribution in [-0.4, -0.2) is 23.3 Å². The maximum Gasteiger partial charge on any atom is 0.355 e. The van der Waals surface area contributed by atoms with Crippen LogP contribution >= 0.6 is 0 Å². The van der Waals surface area contributed by atoms with Crippen molar-refractivity contribution in [1.82, 2.24) is 4.98 Å². The van der Waals surface area contributed by atoms with Crippen LogP contribution in [0.4, 0.5) is 0 Å². The highest BCUT2D eigenvalue weighted by atomic mass is 16.5. The van der Waals surface area contributed by atoms with Gasteiger partial charge in [-0.15, -0.1) is 0 Å². The van der Waals surface area contributed by atoms with Crippen LogP contribution < -0.4 is 0 Å². The summed E-state index contributed by atoms with van der Waals surface area (Å²) in [6.07, 6.45) is 1.68. The topological polar surface area (TPSA) is 59.2 Å². The van der Waals surface area contributed by atoms with Gasteiger partial charge in [0.15, 0.2) is 5.78 Å². The minimum Gasteiger partial charge on any atom is -0.461 e. The zero-order valence-electron chi connectivity index (χ0n) is 19.3. The van der Waals surface area contributed by atoms with Crippen molar-refractivity contribution < 1.29 is 14.3 Å². The number of fused-ring (bicyclic) bond motifs is 1. The number of ether oxygens (including phenoxy) is 1. The Bertz CT molecular complexity index is 1120. The Morgan fingerprint density at radius 1 is 1.03 bits per heavy atom. The number of benzene rings is 2. The van der Waals surface area contributed by atoms with Gasteiger partial charge in [-0.3, -0.25) is 4.79 Å². The van der Waals surface area contributed by atoms with Gasteiger partial charge in [0.1, 0.15) is 5.69 Å². The summed E-state index contributed by atoms with van der Waals surface area (Å²) in [7, 11) is 0. The molecule has 0 saturated carbocycles. The predicted octanol–water partition coefficient (Wildman–Crippen LogP) is 5.99. The van der Waals surface area contributed by atoms with Crippen LogP contribution in [0.5, 0.6) is 0 Å². The molecule has 1 aliphatic rings. The first kappa shape index (κ1) is 22.1. The number of carbonyl (C=O) groups excluding carboxylic acids is 2. The molecule has 0 spiro atoms. The van der Waals surface area contributed by atoms with Gasteiger partial charge in [-0.05, 0) is 46.9 Å². The molecule has 1 atom stereocenters. The van der Waals surface area contributed by atoms with E-state index in [1.54, 1.807) is 6.92 Å². The molecule has 1 aromatic heterocycles. The van der Waals surface area contributed by atoms with Gasteiger partial charge in [-0.1, -0.05) is 75.4 Å². The molecule has 0 fully saturated rings. The number of hydrogen-bond acceptors (Lipinski definition) is 3. The number of aromatic nitrogens is 1. The van der Waals surface area contributed by atoms with E-state index in [1.807, 2.05) is 30.3 Å². The van der Waals surface area contributed by atoms with Crippen molar-refractivity contribution >= 4 is 11.8 Å². The van der Waals surface area contributed by atoms with Crippen molar-refractivity contribution in [3.8, 4) is 0 Å². The van der Waals surface area contributed by atoms with Crippen molar-refractivity contribution in [3.63, 3.8) is 0 Å². The summed E-state index contributed by atoms with van der Waals surface area (Å²) in [5.74, 6) is -0.206. The third-order valence-electron chi connectivity index (χ3n) is 6.29. The van der Waals surface area contributed by atoms with E-state index in [2.05, 4.69) is 50.0 Å². The van der Waals surface area contributed by atoms with Crippen molar-refractivity contribution in [2.45, 2.75) is 58.3 Å². The van der Waals surface area contributed by atoms with Crippen LogP contribution in [-0.2, 0) is 23.0 Å². The lowest BCUT2D eigenvalue weighted by Crippen LogP contribution is -2.19. The Kier molecular flexibility index (Phi) is 6.05. The zero-order chi connectivity index (χ0) is 22.9. The van der Waals surface area contributed by atoms with Crippen molar-refractivity contribution in [3.05, 3.63) is 93.8 Å². The van der Waals surface area contributed by atoms with E-state index in [0.717, 1.165) is 22.4 Å². The molecule has 1 heterocycles. The number of hydrogen-bond donors (Lipinski definition) is 1. The number of carbonyl (C=O) groups is 2. The quantitative estimate of drug-likeness (QED) is 0.507. The molecule has 1 aliphatic carbocycles. The monoisotopic (exact) mass is 429 g/mol. The first-order valence-electron chi connectivity index (χ1n) is 11.4. The maximum atomic E-state index is 13.3. The predicted molar refractivity (Wildman–Crippen MR) is 127 cm³/mol. The highest BCUT2D eigenvalue weighted by Crippen LogP contribution is 2.37. The largest absolute Gasteiger partial charge is 0.461 e. The highest BCUT2D eigenvalue weighted by molar-refractivity contribution is 6.04. The number of Topliss-reactive ketones (excluding diaryl/α,β-unsaturated/α-hetero) is 1. The summed E-state index contributed by atoms with van der Waals surface area (Å²) < 4.78 is 5.29. The number of nitrogens with one attached hydrogen (secondary N) is 1. The molecule has 32 heavy (non-hydrogen) atoms. The second-order valence-corrected chi connectivity index (χ2v) is 9.62. The van der Waals surface area contributed by atoms with Gasteiger partial charge in [0.25, 0.3) is 0 Å². The third-order valence-corrected chi connectivity index (χ3v) is 6.29. The summed E-state index contributed by atoms with van der Waals surface area (Å²) in [6.45, 7) is 8.68. The molecule has 0 amide bonds. The van der Waals surface area contributed by atoms with E-state index >= 15 is 0 Å². The maximum absolute atomic E-state index is 13.3. The van der Waals surface area contributed by atoms with Crippen LogP contribution in [0.3, 0.4) is 0 Å². The van der Waals surface area contributed by atoms with Crippen molar-refractivity contribution in [1.29, 1.82) is 0 Å². The summed E-state index contributed by atoms with van der Waals surface area (Å²) in [4.78, 5) is 29.3. The minimum absolute atomic E-state index is 0.0916. The molecular weight excluding hydrogens is 398 g/mol. The number of ketones is 1. The van der Waals surface area contributed by atoms with E-state index in [9.17, 15) is 9.59 Å². The third kappa shape index (κ3) is 4.40. The lowest BCUT2D eigenvalue weighted by atomic mass is 9.79. The van der Waals surface area contributed by atoms with Crippen molar-refractivity contribution in [2.75, 3.05) is 6.61 Å². The molecular formula is C28H31NO3. The molecule has 3 aromatic rings. The molecule has 4 heteroatoms. The standard InChI is InChI=1S/C28H31NO3/c1-5-32-27(31)26-22(15-18-9-7-6-8-10-18)25-23(29-26)16-20(17-24(25)30)19-11-13-21(14-12-19)28(2,3)4/h6-14,20,29H,5,15-17H2,1-4H3/t20-/m1/s1. The van der Waals surface area contributed by atoms with Gasteiger partial charge in [0.2, 0.25) is 0 Å². The fourth-order valence-electron chi connectivity index (χ4n) is 4.58. The van der Waals surface area contributed by atoms with Crippen LogP contribution in [0, 0.1) is 0 Å². The molecule has 0 bridgehead atoms. The molecule has 0 aliphatic heterocycles. The number of H-pyrrole nitrogens is 1. The van der Waals surface area contributed by atoms with Crippen LogP contribution in [0.2, 0.25) is 0 Å². The second-order valence-electron chi connectivity index (χ2n) is 9.62. The Labute approximate surface area is 190 Å². The van der Waals surface area contributed by atoms with E-state index in [4.69, 9.17) is 4.74 Å². The van der Waals surface area contributed by atoms with E-state index in [0.29, 0.717) is 37.1 Å². The van der Waals surface area contributed by atoms with Gasteiger partial charge in [-0.2, -0.15) is 0 Å². The zero-order valence-corrected chi connectivity index (χ0v) is 19.3. The van der Waals surface area contributed by atoms with Gasteiger partial charge >= 0.3 is 5.97 Å². The van der Waals surface area contributed by atoms with Crippen molar-refractivity contribution in [2.24, 2.45) is 0 Å². The Morgan fingerprint density at radius 3 is 2.34 bits per heavy atom. The number of rotatable bonds is 5. The van der Waals surface area contributed by atoms with Gasteiger partial charge in [-0.25, -0.2) is 4.79 Å². The molecule has 1 N–H and O–H groups in total. The molecule has 0 radical (unpaired) electrons. The first-order valence-corrected chi connectivity index (χ1v) is 11.4. The molecule has 0 saturated heterocycles. The van der Waals surface area contributed by atoms with Gasteiger partial charge < -0.3 is 9.72 Å². The Balaban J connectivity index is 1.69. The van der Waals surface area contributed by atoms with Gasteiger partial charge in [0.05, 0.1) is 6.61 Å². The van der Waals surface area contributed by atoms with E-state index < -0.39 is 5.97 Å². The lowest BCUT2D eigenvalue weighted by Gasteiger charge is -2.24. The first-order chi connectivity index (χ1) is 15.3. The van der Waals surface area contributed by atoms with E-state index in [-0.39, 0.29) is 17.1 Å². The summed E-state index contributed by atoms with van der Waals surface area (Å²) >= 11 is 0. The number of esters is 1. The Morgan fingerprint density at radius 2 is 1.72 bits per heavy atom. The summed E-state index contributed by atoms with van der Waals surface area (Å²) in [5, 5.41) is 0. The smallest absolute Gasteiger partial charge is 0.355 e. The van der Waals surface area contributed by atoms with Gasteiger partial charge in [0, 0.05) is 24.1 Å². The fraction of sp³-hybridized carbons (Fsp3) is 0.357. The van der Waals surface area contributed by atoms with Crippen LogP contribution in [0.25, 0.3) is 0 Å². The molecule has 4 rings (SSSR count). The Hall–Kier alpha value is -3.14. The number of aromatic amines is 1. The normalized spacial score (nSPS) is 16.0. The fourth-order valence-corrected chi connectivity index (χ4v) is 4.58. The average molecular weight is 430 g/mol. The minimum atomic E-state index is -0.397. The van der Waals surface area contributed by atoms with E-state index in [1.165, 1.54) is 5.56 Å². The molecule has 2 aromatic carbocycles. The highest BCUT2D eigenvalue weighted by Gasteiger charge is 2.33. The summed E-state index contributed by atoms with van der Waals surface area (Å²) in [5.41, 5.74) is 6.29. The SMILES string of the molecule is CCOC(=O)c1[nH]c2c(c1Cc1ccccc1)C(=O)C[C@H](c1ccc(C(C)(C)C)cc1)C2. The lowest BCUT2D eigenvalue weighted by molar-refractivity contribution is 0.0519.